The maximum atomic E-state index is 5.86. The van der Waals surface area contributed by atoms with Crippen molar-refractivity contribution in [3.8, 4) is 22.8 Å². The molecule has 0 saturated carbocycles. The molecule has 102 valence electrons. The molecular formula is C14H19N3O2. The van der Waals surface area contributed by atoms with Crippen LogP contribution in [0.25, 0.3) is 11.3 Å². The zero-order valence-electron chi connectivity index (χ0n) is 11.9. The Labute approximate surface area is 112 Å². The van der Waals surface area contributed by atoms with E-state index in [4.69, 9.17) is 15.2 Å². The molecule has 1 aromatic carbocycles. The topological polar surface area (TPSA) is 62.3 Å². The minimum absolute atomic E-state index is 0.608. The molecule has 2 N–H and O–H groups in total. The second kappa shape index (κ2) is 4.84. The Morgan fingerprint density at radius 2 is 1.84 bits per heavy atom. The monoisotopic (exact) mass is 261 g/mol. The molecule has 0 aliphatic carbocycles. The zero-order valence-corrected chi connectivity index (χ0v) is 11.9. The van der Waals surface area contributed by atoms with Crippen LogP contribution in [0.5, 0.6) is 11.5 Å². The summed E-state index contributed by atoms with van der Waals surface area (Å²) in [5, 5.41) is 4.42. The quantitative estimate of drug-likeness (QED) is 0.921. The Balaban J connectivity index is 2.76. The van der Waals surface area contributed by atoms with Crippen LogP contribution in [0.3, 0.4) is 0 Å². The standard InChI is InChI=1S/C14H19N3O2/c1-8-6-11(18-4)9(2)13(14(8)19-5)10-7-12(15)17(3)16-10/h6-7H,15H2,1-5H3. The van der Waals surface area contributed by atoms with E-state index < -0.39 is 0 Å². The third-order valence-corrected chi connectivity index (χ3v) is 3.27. The molecular weight excluding hydrogens is 242 g/mol. The number of nitrogens with two attached hydrogens (primary N) is 1. The van der Waals surface area contributed by atoms with Gasteiger partial charge in [0.05, 0.1) is 25.5 Å². The largest absolute Gasteiger partial charge is 0.496 e. The molecule has 0 aliphatic rings. The van der Waals surface area contributed by atoms with Crippen LogP contribution >= 0.6 is 0 Å². The first-order valence-corrected chi connectivity index (χ1v) is 6.01. The van der Waals surface area contributed by atoms with Gasteiger partial charge in [0.1, 0.15) is 17.3 Å². The van der Waals surface area contributed by atoms with Crippen molar-refractivity contribution in [1.82, 2.24) is 9.78 Å². The van der Waals surface area contributed by atoms with Crippen LogP contribution in [-0.4, -0.2) is 24.0 Å². The van der Waals surface area contributed by atoms with Crippen molar-refractivity contribution in [3.63, 3.8) is 0 Å². The van der Waals surface area contributed by atoms with E-state index in [1.165, 1.54) is 0 Å². The van der Waals surface area contributed by atoms with E-state index in [1.54, 1.807) is 18.9 Å². The molecule has 0 radical (unpaired) electrons. The fourth-order valence-electron chi connectivity index (χ4n) is 2.25. The van der Waals surface area contributed by atoms with E-state index in [9.17, 15) is 0 Å². The summed E-state index contributed by atoms with van der Waals surface area (Å²) in [6.45, 7) is 3.97. The molecule has 0 fully saturated rings. The number of rotatable bonds is 3. The predicted octanol–water partition coefficient (Wildman–Crippen LogP) is 2.30. The number of ether oxygens (including phenoxy) is 2. The Kier molecular flexibility index (Phi) is 3.38. The van der Waals surface area contributed by atoms with E-state index in [0.29, 0.717) is 5.82 Å². The molecule has 2 rings (SSSR count). The first-order valence-electron chi connectivity index (χ1n) is 6.01. The first-order chi connectivity index (χ1) is 8.99. The van der Waals surface area contributed by atoms with Gasteiger partial charge in [0, 0.05) is 18.7 Å². The van der Waals surface area contributed by atoms with Crippen LogP contribution in [0.1, 0.15) is 11.1 Å². The number of anilines is 1. The van der Waals surface area contributed by atoms with Crippen LogP contribution in [0, 0.1) is 13.8 Å². The average molecular weight is 261 g/mol. The van der Waals surface area contributed by atoms with Crippen molar-refractivity contribution < 1.29 is 9.47 Å². The summed E-state index contributed by atoms with van der Waals surface area (Å²) in [6.07, 6.45) is 0. The third kappa shape index (κ3) is 2.12. The number of benzene rings is 1. The summed E-state index contributed by atoms with van der Waals surface area (Å²) in [6, 6.07) is 3.80. The normalized spacial score (nSPS) is 10.6. The SMILES string of the molecule is COc1cc(C)c(OC)c(-c2cc(N)n(C)n2)c1C. The maximum absolute atomic E-state index is 5.86. The molecule has 2 aromatic rings. The number of aryl methyl sites for hydroxylation is 2. The second-order valence-electron chi connectivity index (χ2n) is 4.51. The number of aromatic nitrogens is 2. The summed E-state index contributed by atoms with van der Waals surface area (Å²) >= 11 is 0. The van der Waals surface area contributed by atoms with E-state index in [2.05, 4.69) is 5.10 Å². The lowest BCUT2D eigenvalue weighted by Crippen LogP contribution is -1.99. The highest BCUT2D eigenvalue weighted by Crippen LogP contribution is 2.40. The fourth-order valence-corrected chi connectivity index (χ4v) is 2.25. The highest BCUT2D eigenvalue weighted by Gasteiger charge is 2.19. The van der Waals surface area contributed by atoms with Gasteiger partial charge >= 0.3 is 0 Å². The minimum atomic E-state index is 0.608. The van der Waals surface area contributed by atoms with Crippen LogP contribution in [-0.2, 0) is 7.05 Å². The van der Waals surface area contributed by atoms with E-state index >= 15 is 0 Å². The zero-order chi connectivity index (χ0) is 14.2. The highest BCUT2D eigenvalue weighted by atomic mass is 16.5. The maximum Gasteiger partial charge on any atom is 0.131 e. The number of hydrogen-bond acceptors (Lipinski definition) is 4. The van der Waals surface area contributed by atoms with Gasteiger partial charge in [0.2, 0.25) is 0 Å². The van der Waals surface area contributed by atoms with Gasteiger partial charge in [0.25, 0.3) is 0 Å². The fraction of sp³-hybridized carbons (Fsp3) is 0.357. The molecule has 0 atom stereocenters. The molecule has 1 aromatic heterocycles. The van der Waals surface area contributed by atoms with Crippen molar-refractivity contribution in [2.24, 2.45) is 7.05 Å². The lowest BCUT2D eigenvalue weighted by atomic mass is 10.00. The van der Waals surface area contributed by atoms with Gasteiger partial charge in [-0.1, -0.05) is 0 Å². The molecule has 0 saturated heterocycles. The number of hydrogen-bond donors (Lipinski definition) is 1. The summed E-state index contributed by atoms with van der Waals surface area (Å²) in [4.78, 5) is 0. The Morgan fingerprint density at radius 1 is 1.16 bits per heavy atom. The Morgan fingerprint density at radius 3 is 2.32 bits per heavy atom. The molecule has 0 bridgehead atoms. The Hall–Kier alpha value is -2.17. The molecule has 0 amide bonds. The highest BCUT2D eigenvalue weighted by molar-refractivity contribution is 5.77. The van der Waals surface area contributed by atoms with Gasteiger partial charge in [0.15, 0.2) is 0 Å². The Bertz CT molecular complexity index is 598. The van der Waals surface area contributed by atoms with Gasteiger partial charge in [-0.3, -0.25) is 4.68 Å². The smallest absolute Gasteiger partial charge is 0.131 e. The van der Waals surface area contributed by atoms with Crippen molar-refractivity contribution in [3.05, 3.63) is 23.3 Å². The average Bonchev–Trinajstić information content (AvgIpc) is 2.70. The summed E-state index contributed by atoms with van der Waals surface area (Å²) < 4.78 is 12.6. The van der Waals surface area contributed by atoms with Crippen molar-refractivity contribution >= 4 is 5.82 Å². The summed E-state index contributed by atoms with van der Waals surface area (Å²) in [7, 11) is 5.13. The molecule has 5 heteroatoms. The first kappa shape index (κ1) is 13.3. The molecule has 0 unspecified atom stereocenters. The van der Waals surface area contributed by atoms with Gasteiger partial charge in [-0.25, -0.2) is 0 Å². The minimum Gasteiger partial charge on any atom is -0.496 e. The number of nitrogens with zero attached hydrogens (tertiary/aromatic N) is 2. The van der Waals surface area contributed by atoms with Crippen LogP contribution in [0.4, 0.5) is 5.82 Å². The van der Waals surface area contributed by atoms with Crippen LogP contribution < -0.4 is 15.2 Å². The molecule has 0 spiro atoms. The molecule has 1 heterocycles. The molecule has 5 nitrogen and oxygen atoms in total. The summed E-state index contributed by atoms with van der Waals surface area (Å²) in [5.74, 6) is 2.23. The van der Waals surface area contributed by atoms with E-state index in [0.717, 1.165) is 33.9 Å². The van der Waals surface area contributed by atoms with E-state index in [-0.39, 0.29) is 0 Å². The van der Waals surface area contributed by atoms with Crippen molar-refractivity contribution in [1.29, 1.82) is 0 Å². The number of nitrogen functional groups attached to an aromatic ring is 1. The third-order valence-electron chi connectivity index (χ3n) is 3.27. The van der Waals surface area contributed by atoms with Gasteiger partial charge < -0.3 is 15.2 Å². The molecule has 0 aliphatic heterocycles. The lowest BCUT2D eigenvalue weighted by Gasteiger charge is -2.16. The van der Waals surface area contributed by atoms with Crippen molar-refractivity contribution in [2.45, 2.75) is 13.8 Å². The van der Waals surface area contributed by atoms with Gasteiger partial charge in [-0.2, -0.15) is 5.10 Å². The predicted molar refractivity (Wildman–Crippen MR) is 75.6 cm³/mol. The number of methoxy groups -OCH3 is 2. The summed E-state index contributed by atoms with van der Waals surface area (Å²) in [5.41, 5.74) is 9.56. The van der Waals surface area contributed by atoms with Crippen LogP contribution in [0.15, 0.2) is 12.1 Å². The molecule has 19 heavy (non-hydrogen) atoms. The van der Waals surface area contributed by atoms with Gasteiger partial charge in [-0.05, 0) is 25.5 Å². The van der Waals surface area contributed by atoms with Gasteiger partial charge in [-0.15, -0.1) is 0 Å². The van der Waals surface area contributed by atoms with Crippen LogP contribution in [0.2, 0.25) is 0 Å². The second-order valence-corrected chi connectivity index (χ2v) is 4.51. The van der Waals surface area contributed by atoms with E-state index in [1.807, 2.05) is 33.0 Å². The van der Waals surface area contributed by atoms with Crippen molar-refractivity contribution in [2.75, 3.05) is 20.0 Å². The lowest BCUT2D eigenvalue weighted by molar-refractivity contribution is 0.399.